The average molecular weight is 352 g/mol. The number of hydrogen-bond donors (Lipinski definition) is 1. The van der Waals surface area contributed by atoms with Crippen molar-refractivity contribution in [1.82, 2.24) is 9.62 Å². The van der Waals surface area contributed by atoms with Crippen molar-refractivity contribution < 1.29 is 17.9 Å². The van der Waals surface area contributed by atoms with Gasteiger partial charge in [-0.25, -0.2) is 13.1 Å². The monoisotopic (exact) mass is 352 g/mol. The van der Waals surface area contributed by atoms with Crippen molar-refractivity contribution in [3.63, 3.8) is 0 Å². The molecule has 1 amide bonds. The van der Waals surface area contributed by atoms with E-state index in [1.54, 1.807) is 18.1 Å². The number of piperidine rings is 1. The highest BCUT2D eigenvalue weighted by molar-refractivity contribution is 7.92. The zero-order valence-electron chi connectivity index (χ0n) is 14.1. The van der Waals surface area contributed by atoms with Crippen LogP contribution in [-0.2, 0) is 10.0 Å². The molecule has 1 saturated heterocycles. The van der Waals surface area contributed by atoms with Gasteiger partial charge in [-0.1, -0.05) is 18.2 Å². The van der Waals surface area contributed by atoms with Gasteiger partial charge in [-0.2, -0.15) is 0 Å². The average Bonchev–Trinajstić information content (AvgIpc) is 2.59. The molecule has 0 aromatic heterocycles. The molecule has 24 heavy (non-hydrogen) atoms. The lowest BCUT2D eigenvalue weighted by Crippen LogP contribution is -2.43. The van der Waals surface area contributed by atoms with Crippen LogP contribution in [0.5, 0.6) is 5.75 Å². The fourth-order valence-electron chi connectivity index (χ4n) is 2.87. The normalized spacial score (nSPS) is 18.2. The summed E-state index contributed by atoms with van der Waals surface area (Å²) >= 11 is 0. The van der Waals surface area contributed by atoms with Crippen molar-refractivity contribution >= 4 is 15.9 Å². The van der Waals surface area contributed by atoms with Crippen LogP contribution in [0.3, 0.4) is 0 Å². The Kier molecular flexibility index (Phi) is 6.01. The molecule has 1 N–H and O–H groups in total. The van der Waals surface area contributed by atoms with E-state index in [4.69, 9.17) is 4.74 Å². The summed E-state index contributed by atoms with van der Waals surface area (Å²) < 4.78 is 30.7. The van der Waals surface area contributed by atoms with E-state index in [1.165, 1.54) is 0 Å². The molecule has 6 nitrogen and oxygen atoms in total. The van der Waals surface area contributed by atoms with Crippen molar-refractivity contribution in [1.29, 1.82) is 0 Å². The Balaban J connectivity index is 2.08. The number of carbonyl (C=O) groups is 1. The Labute approximate surface area is 143 Å². The largest absolute Gasteiger partial charge is 0.496 e. The number of likely N-dealkylation sites (tertiary alicyclic amines) is 1. The lowest BCUT2D eigenvalue weighted by atomic mass is 9.97. The van der Waals surface area contributed by atoms with Gasteiger partial charge in [0, 0.05) is 25.0 Å². The Morgan fingerprint density at radius 2 is 2.25 bits per heavy atom. The summed E-state index contributed by atoms with van der Waals surface area (Å²) in [5.41, 5.74) is 1.54. The third-order valence-electron chi connectivity index (χ3n) is 4.18. The molecule has 1 atom stereocenters. The highest BCUT2D eigenvalue weighted by atomic mass is 32.2. The molecule has 0 spiro atoms. The van der Waals surface area contributed by atoms with Gasteiger partial charge in [-0.3, -0.25) is 4.79 Å². The zero-order chi connectivity index (χ0) is 17.7. The Morgan fingerprint density at radius 1 is 1.50 bits per heavy atom. The standard InChI is InChI=1S/C17H24N2O4S/c1-4-24(21,22)18-11-14-6-5-9-19(12-14)17(20)15-10-13(2)7-8-16(15)23-3/h4,7-8,10,14,18H,1,5-6,9,11-12H2,2-3H3/t14-/m1/s1. The Hall–Kier alpha value is -1.86. The minimum atomic E-state index is -3.43. The van der Waals surface area contributed by atoms with Crippen molar-refractivity contribution in [3.8, 4) is 5.75 Å². The van der Waals surface area contributed by atoms with Crippen LogP contribution < -0.4 is 9.46 Å². The van der Waals surface area contributed by atoms with E-state index in [-0.39, 0.29) is 11.8 Å². The van der Waals surface area contributed by atoms with Crippen LogP contribution in [0.4, 0.5) is 0 Å². The van der Waals surface area contributed by atoms with Crippen molar-refractivity contribution in [3.05, 3.63) is 41.3 Å². The number of nitrogens with zero attached hydrogens (tertiary/aromatic N) is 1. The first-order chi connectivity index (χ1) is 11.4. The van der Waals surface area contributed by atoms with Gasteiger partial charge in [0.1, 0.15) is 5.75 Å². The summed E-state index contributed by atoms with van der Waals surface area (Å²) in [6.45, 7) is 6.71. The van der Waals surface area contributed by atoms with Gasteiger partial charge in [0.05, 0.1) is 12.7 Å². The summed E-state index contributed by atoms with van der Waals surface area (Å²) in [6, 6.07) is 5.52. The number of ether oxygens (including phenoxy) is 1. The summed E-state index contributed by atoms with van der Waals surface area (Å²) in [5, 5.41) is 0.899. The molecule has 1 fully saturated rings. The second kappa shape index (κ2) is 7.81. The number of aryl methyl sites for hydroxylation is 1. The first-order valence-corrected chi connectivity index (χ1v) is 9.47. The van der Waals surface area contributed by atoms with Crippen LogP contribution in [0, 0.1) is 12.8 Å². The van der Waals surface area contributed by atoms with Gasteiger partial charge in [-0.15, -0.1) is 0 Å². The Bertz CT molecular complexity index is 715. The zero-order valence-corrected chi connectivity index (χ0v) is 14.9. The maximum absolute atomic E-state index is 12.8. The lowest BCUT2D eigenvalue weighted by molar-refractivity contribution is 0.0673. The highest BCUT2D eigenvalue weighted by Crippen LogP contribution is 2.24. The van der Waals surface area contributed by atoms with E-state index in [1.807, 2.05) is 19.1 Å². The highest BCUT2D eigenvalue weighted by Gasteiger charge is 2.26. The molecule has 0 aliphatic carbocycles. The van der Waals surface area contributed by atoms with Crippen LogP contribution in [0.1, 0.15) is 28.8 Å². The van der Waals surface area contributed by atoms with Crippen molar-refractivity contribution in [2.75, 3.05) is 26.7 Å². The molecule has 1 aromatic rings. The summed E-state index contributed by atoms with van der Waals surface area (Å²) in [5.74, 6) is 0.570. The number of methoxy groups -OCH3 is 1. The topological polar surface area (TPSA) is 75.7 Å². The Morgan fingerprint density at radius 3 is 2.92 bits per heavy atom. The molecule has 0 bridgehead atoms. The molecular formula is C17H24N2O4S. The maximum Gasteiger partial charge on any atom is 0.257 e. The van der Waals surface area contributed by atoms with Gasteiger partial charge in [0.25, 0.3) is 5.91 Å². The van der Waals surface area contributed by atoms with Crippen molar-refractivity contribution in [2.24, 2.45) is 5.92 Å². The number of hydrogen-bond acceptors (Lipinski definition) is 4. The van der Waals surface area contributed by atoms with Gasteiger partial charge >= 0.3 is 0 Å². The van der Waals surface area contributed by atoms with E-state index in [0.717, 1.165) is 23.8 Å². The minimum Gasteiger partial charge on any atom is -0.496 e. The molecule has 0 saturated carbocycles. The first-order valence-electron chi connectivity index (χ1n) is 7.92. The van der Waals surface area contributed by atoms with Gasteiger partial charge in [-0.05, 0) is 37.8 Å². The van der Waals surface area contributed by atoms with Crippen LogP contribution in [0.15, 0.2) is 30.2 Å². The first kappa shape index (κ1) is 18.5. The van der Waals surface area contributed by atoms with E-state index in [9.17, 15) is 13.2 Å². The molecule has 7 heteroatoms. The predicted molar refractivity (Wildman–Crippen MR) is 93.5 cm³/mol. The fourth-order valence-corrected chi connectivity index (χ4v) is 3.45. The van der Waals surface area contributed by atoms with Crippen molar-refractivity contribution in [2.45, 2.75) is 19.8 Å². The van der Waals surface area contributed by atoms with E-state index in [0.29, 0.717) is 30.9 Å². The molecular weight excluding hydrogens is 328 g/mol. The molecule has 0 unspecified atom stereocenters. The lowest BCUT2D eigenvalue weighted by Gasteiger charge is -2.33. The number of carbonyl (C=O) groups excluding carboxylic acids is 1. The fraction of sp³-hybridized carbons (Fsp3) is 0.471. The molecule has 2 rings (SSSR count). The molecule has 132 valence electrons. The van der Waals surface area contributed by atoms with Crippen LogP contribution >= 0.6 is 0 Å². The second-order valence-corrected chi connectivity index (χ2v) is 7.74. The summed E-state index contributed by atoms with van der Waals surface area (Å²) in [7, 11) is -1.89. The molecule has 0 radical (unpaired) electrons. The van der Waals surface area contributed by atoms with E-state index >= 15 is 0 Å². The predicted octanol–water partition coefficient (Wildman–Crippen LogP) is 1.92. The van der Waals surface area contributed by atoms with Gasteiger partial charge in [0.2, 0.25) is 10.0 Å². The number of nitrogens with one attached hydrogen (secondary N) is 1. The minimum absolute atomic E-state index is 0.0770. The van der Waals surface area contributed by atoms with Gasteiger partial charge in [0.15, 0.2) is 0 Å². The second-order valence-electron chi connectivity index (χ2n) is 6.02. The summed E-state index contributed by atoms with van der Waals surface area (Å²) in [4.78, 5) is 14.6. The van der Waals surface area contributed by atoms with E-state index < -0.39 is 10.0 Å². The number of sulfonamides is 1. The maximum atomic E-state index is 12.8. The third kappa shape index (κ3) is 4.58. The summed E-state index contributed by atoms with van der Waals surface area (Å²) in [6.07, 6.45) is 1.73. The molecule has 1 aliphatic heterocycles. The van der Waals surface area contributed by atoms with Gasteiger partial charge < -0.3 is 9.64 Å². The van der Waals surface area contributed by atoms with Crippen LogP contribution in [0.25, 0.3) is 0 Å². The number of amides is 1. The van der Waals surface area contributed by atoms with E-state index in [2.05, 4.69) is 11.3 Å². The quantitative estimate of drug-likeness (QED) is 0.849. The van der Waals surface area contributed by atoms with Crippen LogP contribution in [0.2, 0.25) is 0 Å². The van der Waals surface area contributed by atoms with Crippen LogP contribution in [-0.4, -0.2) is 46.0 Å². The number of rotatable bonds is 6. The molecule has 1 heterocycles. The smallest absolute Gasteiger partial charge is 0.257 e. The SMILES string of the molecule is C=CS(=O)(=O)NC[C@H]1CCCN(C(=O)c2cc(C)ccc2OC)C1. The molecule has 1 aromatic carbocycles. The third-order valence-corrected chi connectivity index (χ3v) is 5.19. The number of benzene rings is 1. The molecule has 1 aliphatic rings.